The SMILES string of the molecule is O=C1CN(CCC2CCNC2)c2ccc(Br)cc2N1. The normalized spacial score (nSPS) is 22.3. The first kappa shape index (κ1) is 12.9. The molecule has 1 atom stereocenters. The van der Waals surface area contributed by atoms with Crippen LogP contribution < -0.4 is 15.5 Å². The zero-order valence-electron chi connectivity index (χ0n) is 10.8. The van der Waals surface area contributed by atoms with Crippen LogP contribution in [0.4, 0.5) is 11.4 Å². The molecule has 0 aliphatic carbocycles. The first-order valence-electron chi connectivity index (χ1n) is 6.77. The molecule has 19 heavy (non-hydrogen) atoms. The van der Waals surface area contributed by atoms with E-state index in [-0.39, 0.29) is 5.91 Å². The van der Waals surface area contributed by atoms with Gasteiger partial charge in [0.15, 0.2) is 0 Å². The van der Waals surface area contributed by atoms with Crippen LogP contribution >= 0.6 is 15.9 Å². The quantitative estimate of drug-likeness (QED) is 0.896. The fourth-order valence-electron chi connectivity index (χ4n) is 2.83. The number of halogens is 1. The van der Waals surface area contributed by atoms with Crippen molar-refractivity contribution in [2.75, 3.05) is 36.4 Å². The highest BCUT2D eigenvalue weighted by Gasteiger charge is 2.23. The molecule has 2 aliphatic rings. The molecule has 2 heterocycles. The molecule has 3 rings (SSSR count). The highest BCUT2D eigenvalue weighted by atomic mass is 79.9. The van der Waals surface area contributed by atoms with Crippen LogP contribution in [-0.2, 0) is 4.79 Å². The number of hydrogen-bond acceptors (Lipinski definition) is 3. The summed E-state index contributed by atoms with van der Waals surface area (Å²) >= 11 is 3.45. The Labute approximate surface area is 121 Å². The van der Waals surface area contributed by atoms with E-state index in [0.29, 0.717) is 6.54 Å². The molecule has 1 fully saturated rings. The molecule has 0 radical (unpaired) electrons. The molecule has 1 unspecified atom stereocenters. The summed E-state index contributed by atoms with van der Waals surface area (Å²) in [5, 5.41) is 6.33. The third kappa shape index (κ3) is 2.92. The lowest BCUT2D eigenvalue weighted by molar-refractivity contribution is -0.115. The molecule has 0 bridgehead atoms. The monoisotopic (exact) mass is 323 g/mol. The fourth-order valence-corrected chi connectivity index (χ4v) is 3.19. The summed E-state index contributed by atoms with van der Waals surface area (Å²) in [6, 6.07) is 6.07. The van der Waals surface area contributed by atoms with Crippen molar-refractivity contribution in [2.45, 2.75) is 12.8 Å². The summed E-state index contributed by atoms with van der Waals surface area (Å²) in [7, 11) is 0. The third-order valence-electron chi connectivity index (χ3n) is 3.88. The van der Waals surface area contributed by atoms with Gasteiger partial charge in [-0.3, -0.25) is 4.79 Å². The van der Waals surface area contributed by atoms with E-state index in [9.17, 15) is 4.79 Å². The van der Waals surface area contributed by atoms with Gasteiger partial charge in [-0.1, -0.05) is 15.9 Å². The number of hydrogen-bond donors (Lipinski definition) is 2. The number of nitrogens with zero attached hydrogens (tertiary/aromatic N) is 1. The molecule has 1 amide bonds. The lowest BCUT2D eigenvalue weighted by Crippen LogP contribution is -2.39. The van der Waals surface area contributed by atoms with Crippen molar-refractivity contribution in [3.63, 3.8) is 0 Å². The summed E-state index contributed by atoms with van der Waals surface area (Å²) in [4.78, 5) is 14.0. The Bertz CT molecular complexity index is 486. The van der Waals surface area contributed by atoms with Crippen molar-refractivity contribution >= 4 is 33.2 Å². The van der Waals surface area contributed by atoms with Gasteiger partial charge < -0.3 is 15.5 Å². The van der Waals surface area contributed by atoms with Crippen LogP contribution in [-0.4, -0.2) is 32.1 Å². The molecule has 5 heteroatoms. The summed E-state index contributed by atoms with van der Waals surface area (Å²) in [6.45, 7) is 3.67. The van der Waals surface area contributed by atoms with Gasteiger partial charge in [-0.25, -0.2) is 0 Å². The van der Waals surface area contributed by atoms with E-state index in [1.54, 1.807) is 0 Å². The highest BCUT2D eigenvalue weighted by Crippen LogP contribution is 2.32. The van der Waals surface area contributed by atoms with Crippen LogP contribution in [0.5, 0.6) is 0 Å². The van der Waals surface area contributed by atoms with Crippen molar-refractivity contribution in [2.24, 2.45) is 5.92 Å². The van der Waals surface area contributed by atoms with Gasteiger partial charge in [-0.05, 0) is 50.0 Å². The molecule has 4 nitrogen and oxygen atoms in total. The number of fused-ring (bicyclic) bond motifs is 1. The first-order valence-corrected chi connectivity index (χ1v) is 7.57. The van der Waals surface area contributed by atoms with Gasteiger partial charge >= 0.3 is 0 Å². The van der Waals surface area contributed by atoms with Gasteiger partial charge in [0.1, 0.15) is 0 Å². The maximum Gasteiger partial charge on any atom is 0.243 e. The van der Waals surface area contributed by atoms with Crippen molar-refractivity contribution in [3.05, 3.63) is 22.7 Å². The molecule has 1 saturated heterocycles. The van der Waals surface area contributed by atoms with Gasteiger partial charge in [-0.2, -0.15) is 0 Å². The molecule has 0 aromatic heterocycles. The summed E-state index contributed by atoms with van der Waals surface area (Å²) in [5.74, 6) is 0.832. The number of benzene rings is 1. The van der Waals surface area contributed by atoms with Crippen molar-refractivity contribution in [1.82, 2.24) is 5.32 Å². The highest BCUT2D eigenvalue weighted by molar-refractivity contribution is 9.10. The van der Waals surface area contributed by atoms with Crippen LogP contribution in [0.1, 0.15) is 12.8 Å². The van der Waals surface area contributed by atoms with E-state index in [0.717, 1.165) is 47.8 Å². The average molecular weight is 324 g/mol. The smallest absolute Gasteiger partial charge is 0.243 e. The van der Waals surface area contributed by atoms with Crippen molar-refractivity contribution in [3.8, 4) is 0 Å². The van der Waals surface area contributed by atoms with Gasteiger partial charge in [0.25, 0.3) is 0 Å². The van der Waals surface area contributed by atoms with E-state index >= 15 is 0 Å². The topological polar surface area (TPSA) is 44.4 Å². The Balaban J connectivity index is 1.72. The Morgan fingerprint density at radius 2 is 2.32 bits per heavy atom. The number of carbonyl (C=O) groups is 1. The van der Waals surface area contributed by atoms with E-state index in [1.807, 2.05) is 12.1 Å². The van der Waals surface area contributed by atoms with E-state index < -0.39 is 0 Å². The standard InChI is InChI=1S/C14H18BrN3O/c15-11-1-2-13-12(7-11)17-14(19)9-18(13)6-4-10-3-5-16-8-10/h1-2,7,10,16H,3-6,8-9H2,(H,17,19). The van der Waals surface area contributed by atoms with Gasteiger partial charge in [0, 0.05) is 11.0 Å². The minimum atomic E-state index is 0.0788. The van der Waals surface area contributed by atoms with Gasteiger partial charge in [0.2, 0.25) is 5.91 Å². The summed E-state index contributed by atoms with van der Waals surface area (Å²) in [5.41, 5.74) is 2.05. The largest absolute Gasteiger partial charge is 0.361 e. The van der Waals surface area contributed by atoms with Crippen LogP contribution in [0.15, 0.2) is 22.7 Å². The predicted octanol–water partition coefficient (Wildman–Crippen LogP) is 2.21. The second kappa shape index (κ2) is 5.51. The molecule has 2 N–H and O–H groups in total. The third-order valence-corrected chi connectivity index (χ3v) is 4.37. The Morgan fingerprint density at radius 1 is 1.42 bits per heavy atom. The maximum absolute atomic E-state index is 11.8. The van der Waals surface area contributed by atoms with Crippen LogP contribution in [0, 0.1) is 5.92 Å². The number of amides is 1. The molecule has 0 saturated carbocycles. The van der Waals surface area contributed by atoms with Crippen molar-refractivity contribution < 1.29 is 4.79 Å². The lowest BCUT2D eigenvalue weighted by atomic mass is 10.0. The van der Waals surface area contributed by atoms with E-state index in [2.05, 4.69) is 37.5 Å². The predicted molar refractivity (Wildman–Crippen MR) is 80.6 cm³/mol. The zero-order valence-corrected chi connectivity index (χ0v) is 12.4. The Kier molecular flexibility index (Phi) is 3.75. The van der Waals surface area contributed by atoms with Crippen LogP contribution in [0.25, 0.3) is 0 Å². The molecule has 2 aliphatic heterocycles. The average Bonchev–Trinajstić information content (AvgIpc) is 2.88. The molecule has 0 spiro atoms. The second-order valence-electron chi connectivity index (χ2n) is 5.28. The summed E-state index contributed by atoms with van der Waals surface area (Å²) < 4.78 is 0.994. The fraction of sp³-hybridized carbons (Fsp3) is 0.500. The first-order chi connectivity index (χ1) is 9.22. The number of nitrogens with one attached hydrogen (secondary N) is 2. The van der Waals surface area contributed by atoms with E-state index in [1.165, 1.54) is 6.42 Å². The molecular formula is C14H18BrN3O. The molecular weight excluding hydrogens is 306 g/mol. The Hall–Kier alpha value is -1.07. The van der Waals surface area contributed by atoms with Gasteiger partial charge in [0.05, 0.1) is 17.9 Å². The van der Waals surface area contributed by atoms with Crippen LogP contribution in [0.3, 0.4) is 0 Å². The minimum Gasteiger partial charge on any atom is -0.361 e. The van der Waals surface area contributed by atoms with Crippen molar-refractivity contribution in [1.29, 1.82) is 0 Å². The Morgan fingerprint density at radius 3 is 3.11 bits per heavy atom. The van der Waals surface area contributed by atoms with E-state index in [4.69, 9.17) is 0 Å². The van der Waals surface area contributed by atoms with Gasteiger partial charge in [-0.15, -0.1) is 0 Å². The second-order valence-corrected chi connectivity index (χ2v) is 6.19. The number of carbonyl (C=O) groups excluding carboxylic acids is 1. The summed E-state index contributed by atoms with van der Waals surface area (Å²) in [6.07, 6.45) is 2.41. The molecule has 1 aromatic carbocycles. The number of rotatable bonds is 3. The molecule has 1 aromatic rings. The number of anilines is 2. The maximum atomic E-state index is 11.8. The molecule has 102 valence electrons. The zero-order chi connectivity index (χ0) is 13.2. The van der Waals surface area contributed by atoms with Crippen LogP contribution in [0.2, 0.25) is 0 Å². The minimum absolute atomic E-state index is 0.0788. The lowest BCUT2D eigenvalue weighted by Gasteiger charge is -2.31.